The number of methoxy groups -OCH3 is 1. The number of alkyl halides is 2. The highest BCUT2D eigenvalue weighted by Crippen LogP contribution is 2.32. The van der Waals surface area contributed by atoms with E-state index >= 15 is 0 Å². The molecule has 14 heavy (non-hydrogen) atoms. The maximum Gasteiger partial charge on any atom is 0.282 e. The monoisotopic (exact) mass is 209 g/mol. The first-order chi connectivity index (χ1) is 6.59. The largest absolute Gasteiger partial charge is 0.390 e. The SMILES string of the molecule is COCC(NCC(F)(F)CO)C1CC1. The van der Waals surface area contributed by atoms with Gasteiger partial charge in [-0.2, -0.15) is 0 Å². The number of hydrogen-bond donors (Lipinski definition) is 2. The summed E-state index contributed by atoms with van der Waals surface area (Å²) < 4.78 is 30.3. The maximum atomic E-state index is 12.7. The Hall–Kier alpha value is -0.260. The molecule has 1 rings (SSSR count). The van der Waals surface area contributed by atoms with E-state index in [0.717, 1.165) is 12.8 Å². The standard InChI is InChI=1S/C9H17F2NO2/c1-14-4-8(7-2-3-7)12-5-9(10,11)6-13/h7-8,12-13H,2-6H2,1H3. The first-order valence-electron chi connectivity index (χ1n) is 4.80. The molecule has 3 nitrogen and oxygen atoms in total. The average molecular weight is 209 g/mol. The predicted octanol–water partition coefficient (Wildman–Crippen LogP) is 0.629. The number of hydrogen-bond acceptors (Lipinski definition) is 3. The van der Waals surface area contributed by atoms with Crippen molar-refractivity contribution in [2.45, 2.75) is 24.8 Å². The van der Waals surface area contributed by atoms with Crippen LogP contribution in [0.5, 0.6) is 0 Å². The Bertz CT molecular complexity index is 174. The minimum Gasteiger partial charge on any atom is -0.390 e. The van der Waals surface area contributed by atoms with Gasteiger partial charge in [0, 0.05) is 13.2 Å². The Morgan fingerprint density at radius 3 is 2.64 bits per heavy atom. The fourth-order valence-corrected chi connectivity index (χ4v) is 1.38. The second-order valence-corrected chi connectivity index (χ2v) is 3.79. The van der Waals surface area contributed by atoms with E-state index < -0.39 is 19.1 Å². The Kier molecular flexibility index (Phi) is 4.22. The van der Waals surface area contributed by atoms with Gasteiger partial charge < -0.3 is 15.2 Å². The normalized spacial score (nSPS) is 19.7. The molecule has 0 aliphatic heterocycles. The fraction of sp³-hybridized carbons (Fsp3) is 1.00. The molecule has 0 radical (unpaired) electrons. The van der Waals surface area contributed by atoms with Crippen molar-refractivity contribution < 1.29 is 18.6 Å². The van der Waals surface area contributed by atoms with Crippen molar-refractivity contribution in [3.63, 3.8) is 0 Å². The van der Waals surface area contributed by atoms with Crippen LogP contribution in [0.3, 0.4) is 0 Å². The molecule has 5 heteroatoms. The summed E-state index contributed by atoms with van der Waals surface area (Å²) in [6.45, 7) is -1.13. The van der Waals surface area contributed by atoms with E-state index in [-0.39, 0.29) is 6.04 Å². The van der Waals surface area contributed by atoms with E-state index in [4.69, 9.17) is 9.84 Å². The smallest absolute Gasteiger partial charge is 0.282 e. The first-order valence-corrected chi connectivity index (χ1v) is 4.80. The van der Waals surface area contributed by atoms with Crippen molar-refractivity contribution in [3.05, 3.63) is 0 Å². The zero-order chi connectivity index (χ0) is 10.6. The van der Waals surface area contributed by atoms with E-state index in [1.807, 2.05) is 0 Å². The average Bonchev–Trinajstić information content (AvgIpc) is 2.95. The maximum absolute atomic E-state index is 12.7. The molecule has 1 fully saturated rings. The Morgan fingerprint density at radius 2 is 2.21 bits per heavy atom. The number of aliphatic hydroxyl groups excluding tert-OH is 1. The molecule has 2 N–H and O–H groups in total. The summed E-state index contributed by atoms with van der Waals surface area (Å²) in [5.74, 6) is -2.56. The van der Waals surface area contributed by atoms with Crippen molar-refractivity contribution in [3.8, 4) is 0 Å². The second kappa shape index (κ2) is 5.00. The molecule has 1 aliphatic rings. The molecule has 84 valence electrons. The Morgan fingerprint density at radius 1 is 1.57 bits per heavy atom. The van der Waals surface area contributed by atoms with Crippen LogP contribution in [0, 0.1) is 5.92 Å². The molecule has 1 unspecified atom stereocenters. The number of aliphatic hydroxyl groups is 1. The molecule has 0 amide bonds. The lowest BCUT2D eigenvalue weighted by molar-refractivity contribution is -0.0511. The summed E-state index contributed by atoms with van der Waals surface area (Å²) in [7, 11) is 1.56. The van der Waals surface area contributed by atoms with Gasteiger partial charge in [-0.1, -0.05) is 0 Å². The van der Waals surface area contributed by atoms with E-state index in [1.54, 1.807) is 7.11 Å². The number of ether oxygens (including phenoxy) is 1. The van der Waals surface area contributed by atoms with Crippen molar-refractivity contribution >= 4 is 0 Å². The van der Waals surface area contributed by atoms with Gasteiger partial charge >= 0.3 is 0 Å². The molecule has 0 aromatic heterocycles. The van der Waals surface area contributed by atoms with Crippen LogP contribution in [0.2, 0.25) is 0 Å². The van der Waals surface area contributed by atoms with Crippen LogP contribution in [0.4, 0.5) is 8.78 Å². The van der Waals surface area contributed by atoms with Crippen molar-refractivity contribution in [2.75, 3.05) is 26.9 Å². The van der Waals surface area contributed by atoms with Gasteiger partial charge in [-0.15, -0.1) is 0 Å². The second-order valence-electron chi connectivity index (χ2n) is 3.79. The quantitative estimate of drug-likeness (QED) is 0.646. The molecule has 0 heterocycles. The van der Waals surface area contributed by atoms with Gasteiger partial charge in [0.2, 0.25) is 0 Å². The van der Waals surface area contributed by atoms with Crippen LogP contribution in [0.15, 0.2) is 0 Å². The lowest BCUT2D eigenvalue weighted by atomic mass is 10.2. The molecule has 0 aromatic carbocycles. The summed E-state index contributed by atoms with van der Waals surface area (Å²) in [4.78, 5) is 0. The molecule has 1 aliphatic carbocycles. The summed E-state index contributed by atoms with van der Waals surface area (Å²) in [5, 5.41) is 11.1. The third-order valence-electron chi connectivity index (χ3n) is 2.39. The number of halogens is 2. The van der Waals surface area contributed by atoms with Gasteiger partial charge in [0.05, 0.1) is 13.2 Å². The highest BCUT2D eigenvalue weighted by molar-refractivity contribution is 4.87. The zero-order valence-corrected chi connectivity index (χ0v) is 8.30. The van der Waals surface area contributed by atoms with Crippen molar-refractivity contribution in [1.29, 1.82) is 0 Å². The number of nitrogens with one attached hydrogen (secondary N) is 1. The molecule has 0 bridgehead atoms. The van der Waals surface area contributed by atoms with Crippen LogP contribution >= 0.6 is 0 Å². The van der Waals surface area contributed by atoms with Crippen LogP contribution in [-0.2, 0) is 4.74 Å². The molecular formula is C9H17F2NO2. The van der Waals surface area contributed by atoms with Gasteiger partial charge in [-0.25, -0.2) is 8.78 Å². The van der Waals surface area contributed by atoms with Gasteiger partial charge in [-0.3, -0.25) is 0 Å². The highest BCUT2D eigenvalue weighted by atomic mass is 19.3. The van der Waals surface area contributed by atoms with E-state index in [9.17, 15) is 8.78 Å². The van der Waals surface area contributed by atoms with Gasteiger partial charge in [-0.05, 0) is 18.8 Å². The van der Waals surface area contributed by atoms with Crippen LogP contribution < -0.4 is 5.32 Å². The topological polar surface area (TPSA) is 41.5 Å². The predicted molar refractivity (Wildman–Crippen MR) is 48.4 cm³/mol. The highest BCUT2D eigenvalue weighted by Gasteiger charge is 2.34. The Balaban J connectivity index is 2.25. The van der Waals surface area contributed by atoms with E-state index in [0.29, 0.717) is 12.5 Å². The lowest BCUT2D eigenvalue weighted by Crippen LogP contribution is -2.44. The number of rotatable bonds is 7. The lowest BCUT2D eigenvalue weighted by Gasteiger charge is -2.21. The molecule has 0 saturated heterocycles. The minimum absolute atomic E-state index is 0.00238. The summed E-state index contributed by atoms with van der Waals surface area (Å²) in [6.07, 6.45) is 2.15. The summed E-state index contributed by atoms with van der Waals surface area (Å²) in [5.41, 5.74) is 0. The summed E-state index contributed by atoms with van der Waals surface area (Å²) >= 11 is 0. The third kappa shape index (κ3) is 3.86. The molecule has 1 saturated carbocycles. The van der Waals surface area contributed by atoms with Crippen LogP contribution in [-0.4, -0.2) is 43.9 Å². The fourth-order valence-electron chi connectivity index (χ4n) is 1.38. The van der Waals surface area contributed by atoms with Gasteiger partial charge in [0.15, 0.2) is 0 Å². The molecule has 0 spiro atoms. The zero-order valence-electron chi connectivity index (χ0n) is 8.30. The van der Waals surface area contributed by atoms with Crippen molar-refractivity contribution in [1.82, 2.24) is 5.32 Å². The third-order valence-corrected chi connectivity index (χ3v) is 2.39. The van der Waals surface area contributed by atoms with Crippen LogP contribution in [0.25, 0.3) is 0 Å². The van der Waals surface area contributed by atoms with E-state index in [1.165, 1.54) is 0 Å². The molecular weight excluding hydrogens is 192 g/mol. The Labute approximate surface area is 82.4 Å². The summed E-state index contributed by atoms with van der Waals surface area (Å²) in [6, 6.07) is -0.00238. The molecule has 1 atom stereocenters. The molecule has 0 aromatic rings. The van der Waals surface area contributed by atoms with Gasteiger partial charge in [0.1, 0.15) is 6.61 Å². The minimum atomic E-state index is -3.03. The van der Waals surface area contributed by atoms with E-state index in [2.05, 4.69) is 5.32 Å². The van der Waals surface area contributed by atoms with Crippen molar-refractivity contribution in [2.24, 2.45) is 5.92 Å². The van der Waals surface area contributed by atoms with Gasteiger partial charge in [0.25, 0.3) is 5.92 Å². The van der Waals surface area contributed by atoms with Crippen LogP contribution in [0.1, 0.15) is 12.8 Å². The first kappa shape index (κ1) is 11.8.